The van der Waals surface area contributed by atoms with Gasteiger partial charge in [0.05, 0.1) is 7.11 Å². The molecule has 2 atom stereocenters. The van der Waals surface area contributed by atoms with Crippen LogP contribution in [0.15, 0.2) is 11.6 Å². The average Bonchev–Trinajstić information content (AvgIpc) is 2.88. The largest absolute Gasteiger partial charge is 0.468 e. The Hall–Kier alpha value is -1.16. The lowest BCUT2D eigenvalue weighted by Crippen LogP contribution is -2.57. The molecular formula is C15H21NO3. The number of allylic oxidation sites excluding steroid dienone is 1. The molecule has 0 aromatic heterocycles. The minimum Gasteiger partial charge on any atom is -0.468 e. The summed E-state index contributed by atoms with van der Waals surface area (Å²) in [6.45, 7) is 5.67. The van der Waals surface area contributed by atoms with Gasteiger partial charge in [0.1, 0.15) is 5.54 Å². The lowest BCUT2D eigenvalue weighted by Gasteiger charge is -2.46. The molecule has 0 aromatic rings. The van der Waals surface area contributed by atoms with Crippen molar-refractivity contribution < 1.29 is 14.3 Å². The first-order chi connectivity index (χ1) is 8.91. The fraction of sp³-hybridized carbons (Fsp3) is 0.733. The molecule has 0 N–H and O–H groups in total. The van der Waals surface area contributed by atoms with Crippen molar-refractivity contribution in [2.24, 2.45) is 11.3 Å². The number of hydrogen-bond donors (Lipinski definition) is 0. The monoisotopic (exact) mass is 263 g/mol. The molecule has 3 rings (SSSR count). The zero-order valence-electron chi connectivity index (χ0n) is 11.9. The van der Waals surface area contributed by atoms with Gasteiger partial charge in [0.2, 0.25) is 0 Å². The first-order valence-electron chi connectivity index (χ1n) is 7.00. The van der Waals surface area contributed by atoms with Crippen molar-refractivity contribution in [2.45, 2.75) is 38.6 Å². The van der Waals surface area contributed by atoms with Crippen LogP contribution in [0.4, 0.5) is 0 Å². The number of carbonyl (C=O) groups is 2. The van der Waals surface area contributed by atoms with E-state index < -0.39 is 5.54 Å². The van der Waals surface area contributed by atoms with Crippen LogP contribution in [0.25, 0.3) is 0 Å². The topological polar surface area (TPSA) is 46.6 Å². The van der Waals surface area contributed by atoms with Crippen LogP contribution >= 0.6 is 0 Å². The second kappa shape index (κ2) is 3.92. The zero-order valence-corrected chi connectivity index (χ0v) is 11.9. The number of fused-ring (bicyclic) bond motifs is 2. The molecule has 19 heavy (non-hydrogen) atoms. The number of esters is 1. The number of piperidine rings is 1. The van der Waals surface area contributed by atoms with Crippen molar-refractivity contribution in [1.82, 2.24) is 4.90 Å². The van der Waals surface area contributed by atoms with Crippen molar-refractivity contribution in [3.05, 3.63) is 11.6 Å². The Balaban J connectivity index is 1.99. The van der Waals surface area contributed by atoms with Crippen molar-refractivity contribution in [2.75, 3.05) is 20.2 Å². The van der Waals surface area contributed by atoms with Crippen LogP contribution < -0.4 is 0 Å². The third kappa shape index (κ3) is 1.55. The number of ether oxygens (including phenoxy) is 1. The Kier molecular flexibility index (Phi) is 2.65. The SMILES string of the molecule is COC(=O)[C@]12CCCN1CC1=CC(=O)C(C)(C)C1C2. The lowest BCUT2D eigenvalue weighted by molar-refractivity contribution is -0.156. The molecule has 1 aliphatic carbocycles. The van der Waals surface area contributed by atoms with Gasteiger partial charge >= 0.3 is 5.97 Å². The highest BCUT2D eigenvalue weighted by Crippen LogP contribution is 2.52. The highest BCUT2D eigenvalue weighted by Gasteiger charge is 2.58. The van der Waals surface area contributed by atoms with Crippen molar-refractivity contribution in [3.8, 4) is 0 Å². The molecule has 0 radical (unpaired) electrons. The van der Waals surface area contributed by atoms with Gasteiger partial charge in [-0.3, -0.25) is 14.5 Å². The van der Waals surface area contributed by atoms with E-state index in [-0.39, 0.29) is 23.1 Å². The number of nitrogens with zero attached hydrogens (tertiary/aromatic N) is 1. The number of methoxy groups -OCH3 is 1. The van der Waals surface area contributed by atoms with Crippen LogP contribution in [0.2, 0.25) is 0 Å². The minimum atomic E-state index is -0.487. The van der Waals surface area contributed by atoms with E-state index in [0.29, 0.717) is 0 Å². The summed E-state index contributed by atoms with van der Waals surface area (Å²) in [5.41, 5.74) is 0.348. The lowest BCUT2D eigenvalue weighted by atomic mass is 9.68. The summed E-state index contributed by atoms with van der Waals surface area (Å²) in [6.07, 6.45) is 4.42. The summed E-state index contributed by atoms with van der Waals surface area (Å²) in [4.78, 5) is 26.6. The van der Waals surface area contributed by atoms with Gasteiger partial charge in [-0.2, -0.15) is 0 Å². The summed E-state index contributed by atoms with van der Waals surface area (Å²) in [5.74, 6) is 0.265. The molecule has 4 nitrogen and oxygen atoms in total. The molecular weight excluding hydrogens is 242 g/mol. The van der Waals surface area contributed by atoms with Crippen molar-refractivity contribution in [3.63, 3.8) is 0 Å². The van der Waals surface area contributed by atoms with E-state index in [9.17, 15) is 9.59 Å². The standard InChI is InChI=1S/C15H21NO3/c1-14(2)11-8-15(13(18)19-3)5-4-6-16(15)9-10(11)7-12(14)17/h7,11H,4-6,8-9H2,1-3H3/t11?,15-/m1/s1. The average molecular weight is 263 g/mol. The maximum atomic E-state index is 12.3. The van der Waals surface area contributed by atoms with Gasteiger partial charge in [0, 0.05) is 12.0 Å². The van der Waals surface area contributed by atoms with Crippen LogP contribution in [0, 0.1) is 11.3 Å². The number of carbonyl (C=O) groups excluding carboxylic acids is 2. The Morgan fingerprint density at radius 2 is 2.21 bits per heavy atom. The van der Waals surface area contributed by atoms with Crippen LogP contribution in [-0.2, 0) is 14.3 Å². The molecule has 2 aliphatic heterocycles. The molecule has 2 heterocycles. The van der Waals surface area contributed by atoms with Gasteiger partial charge in [-0.15, -0.1) is 0 Å². The summed E-state index contributed by atoms with van der Waals surface area (Å²) in [7, 11) is 1.46. The van der Waals surface area contributed by atoms with Crippen LogP contribution in [0.5, 0.6) is 0 Å². The summed E-state index contributed by atoms with van der Waals surface area (Å²) in [6, 6.07) is 0. The molecule has 0 spiro atoms. The molecule has 0 saturated carbocycles. The van der Waals surface area contributed by atoms with Gasteiger partial charge < -0.3 is 4.74 Å². The predicted octanol–water partition coefficient (Wildman–Crippen LogP) is 1.55. The van der Waals surface area contributed by atoms with Crippen LogP contribution in [-0.4, -0.2) is 42.4 Å². The third-order valence-corrected chi connectivity index (χ3v) is 5.37. The minimum absolute atomic E-state index is 0.126. The Morgan fingerprint density at radius 1 is 1.47 bits per heavy atom. The van der Waals surface area contributed by atoms with Gasteiger partial charge in [0.25, 0.3) is 0 Å². The Bertz CT molecular complexity index is 480. The van der Waals surface area contributed by atoms with E-state index in [1.807, 2.05) is 19.9 Å². The first-order valence-corrected chi connectivity index (χ1v) is 7.00. The second-order valence-corrected chi connectivity index (χ2v) is 6.61. The van der Waals surface area contributed by atoms with E-state index in [0.717, 1.165) is 32.4 Å². The summed E-state index contributed by atoms with van der Waals surface area (Å²) >= 11 is 0. The Labute approximate surface area is 113 Å². The van der Waals surface area contributed by atoms with E-state index in [4.69, 9.17) is 4.74 Å². The van der Waals surface area contributed by atoms with Gasteiger partial charge in [0.15, 0.2) is 5.78 Å². The zero-order chi connectivity index (χ0) is 13.8. The van der Waals surface area contributed by atoms with Crippen LogP contribution in [0.1, 0.15) is 33.1 Å². The van der Waals surface area contributed by atoms with Crippen molar-refractivity contribution >= 4 is 11.8 Å². The normalized spacial score (nSPS) is 36.7. The number of rotatable bonds is 1. The number of ketones is 1. The molecule has 2 saturated heterocycles. The van der Waals surface area contributed by atoms with E-state index in [1.165, 1.54) is 12.7 Å². The molecule has 4 heteroatoms. The highest BCUT2D eigenvalue weighted by molar-refractivity contribution is 5.99. The molecule has 1 unspecified atom stereocenters. The Morgan fingerprint density at radius 3 is 2.89 bits per heavy atom. The molecule has 3 aliphatic rings. The summed E-state index contributed by atoms with van der Waals surface area (Å²) < 4.78 is 5.05. The number of hydrogen-bond acceptors (Lipinski definition) is 4. The quantitative estimate of drug-likeness (QED) is 0.673. The predicted molar refractivity (Wildman–Crippen MR) is 70.5 cm³/mol. The fourth-order valence-corrected chi connectivity index (χ4v) is 4.09. The molecule has 0 bridgehead atoms. The fourth-order valence-electron chi connectivity index (χ4n) is 4.09. The van der Waals surface area contributed by atoms with E-state index in [2.05, 4.69) is 4.90 Å². The first kappa shape index (κ1) is 12.9. The summed E-state index contributed by atoms with van der Waals surface area (Å²) in [5, 5.41) is 0. The van der Waals surface area contributed by atoms with Gasteiger partial charge in [-0.1, -0.05) is 13.8 Å². The smallest absolute Gasteiger partial charge is 0.326 e. The van der Waals surface area contributed by atoms with Crippen molar-refractivity contribution in [1.29, 1.82) is 0 Å². The van der Waals surface area contributed by atoms with E-state index >= 15 is 0 Å². The molecule has 104 valence electrons. The molecule has 0 amide bonds. The molecule has 0 aromatic carbocycles. The van der Waals surface area contributed by atoms with Gasteiger partial charge in [-0.05, 0) is 43.4 Å². The van der Waals surface area contributed by atoms with E-state index in [1.54, 1.807) is 0 Å². The molecule has 2 fully saturated rings. The van der Waals surface area contributed by atoms with Gasteiger partial charge in [-0.25, -0.2) is 0 Å². The third-order valence-electron chi connectivity index (χ3n) is 5.37. The second-order valence-electron chi connectivity index (χ2n) is 6.61. The maximum Gasteiger partial charge on any atom is 0.326 e. The van der Waals surface area contributed by atoms with Crippen LogP contribution in [0.3, 0.4) is 0 Å². The maximum absolute atomic E-state index is 12.3. The highest BCUT2D eigenvalue weighted by atomic mass is 16.5.